The molecule has 3 rings (SSSR count). The van der Waals surface area contributed by atoms with Crippen LogP contribution in [0.1, 0.15) is 42.6 Å². The van der Waals surface area contributed by atoms with Gasteiger partial charge in [-0.05, 0) is 37.3 Å². The van der Waals surface area contributed by atoms with Crippen LogP contribution >= 0.6 is 0 Å². The molecule has 0 radical (unpaired) electrons. The summed E-state index contributed by atoms with van der Waals surface area (Å²) < 4.78 is 4.63. The van der Waals surface area contributed by atoms with Crippen LogP contribution in [0.25, 0.3) is 0 Å². The van der Waals surface area contributed by atoms with Gasteiger partial charge in [0.15, 0.2) is 11.5 Å². The van der Waals surface area contributed by atoms with Crippen LogP contribution in [-0.2, 0) is 4.74 Å². The van der Waals surface area contributed by atoms with Crippen molar-refractivity contribution in [2.24, 2.45) is 5.92 Å². The Morgan fingerprint density at radius 1 is 1.26 bits per heavy atom. The van der Waals surface area contributed by atoms with Crippen LogP contribution in [0.3, 0.4) is 0 Å². The third-order valence-corrected chi connectivity index (χ3v) is 4.35. The van der Waals surface area contributed by atoms with Crippen LogP contribution in [-0.4, -0.2) is 35.9 Å². The van der Waals surface area contributed by atoms with Gasteiger partial charge in [0.2, 0.25) is 0 Å². The average Bonchev–Trinajstić information content (AvgIpc) is 2.90. The van der Waals surface area contributed by atoms with Crippen molar-refractivity contribution in [3.63, 3.8) is 0 Å². The molecule has 1 saturated carbocycles. The summed E-state index contributed by atoms with van der Waals surface area (Å²) in [5.74, 6) is 1.27. The van der Waals surface area contributed by atoms with Gasteiger partial charge >= 0.3 is 5.97 Å². The Labute approximate surface area is 113 Å². The number of rotatable bonds is 2. The molecule has 2 fully saturated rings. The summed E-state index contributed by atoms with van der Waals surface area (Å²) in [6.45, 7) is 1.06. The largest absolute Gasteiger partial charge is 0.464 e. The number of hydrogen-bond donors (Lipinski definition) is 0. The number of fused-ring (bicyclic) bond motifs is 1. The van der Waals surface area contributed by atoms with Gasteiger partial charge in [0.05, 0.1) is 7.11 Å². The van der Waals surface area contributed by atoms with Gasteiger partial charge in [0.1, 0.15) is 0 Å². The Balaban J connectivity index is 1.77. The number of carbonyl (C=O) groups excluding carboxylic acids is 1. The molecule has 0 N–H and O–H groups in total. The van der Waals surface area contributed by atoms with Crippen molar-refractivity contribution in [2.75, 3.05) is 18.6 Å². The molecule has 1 aliphatic carbocycles. The van der Waals surface area contributed by atoms with E-state index in [1.165, 1.54) is 39.2 Å². The van der Waals surface area contributed by atoms with Gasteiger partial charge < -0.3 is 9.64 Å². The zero-order valence-electron chi connectivity index (χ0n) is 11.2. The van der Waals surface area contributed by atoms with Crippen molar-refractivity contribution < 1.29 is 9.53 Å². The number of aromatic nitrogens is 2. The van der Waals surface area contributed by atoms with Gasteiger partial charge in [0, 0.05) is 12.6 Å². The van der Waals surface area contributed by atoms with Crippen LogP contribution in [0.15, 0.2) is 12.1 Å². The standard InChI is InChI=1S/C14H19N3O2/c1-19-14(18)11-6-7-13(16-15-11)17-9-8-10-4-2-3-5-12(10)17/h6-7,10,12H,2-5,8-9H2,1H3/t10-,12-/m1/s1. The molecule has 0 aromatic carbocycles. The fourth-order valence-corrected chi connectivity index (χ4v) is 3.38. The fourth-order valence-electron chi connectivity index (χ4n) is 3.38. The highest BCUT2D eigenvalue weighted by Crippen LogP contribution is 2.37. The van der Waals surface area contributed by atoms with Crippen molar-refractivity contribution in [1.29, 1.82) is 0 Å². The van der Waals surface area contributed by atoms with Crippen LogP contribution < -0.4 is 4.90 Å². The summed E-state index contributed by atoms with van der Waals surface area (Å²) in [5.41, 5.74) is 0.269. The molecule has 19 heavy (non-hydrogen) atoms. The van der Waals surface area contributed by atoms with Gasteiger partial charge in [0.25, 0.3) is 0 Å². The lowest BCUT2D eigenvalue weighted by atomic mass is 9.85. The van der Waals surface area contributed by atoms with Gasteiger partial charge in [-0.1, -0.05) is 12.8 Å². The first kappa shape index (κ1) is 12.4. The van der Waals surface area contributed by atoms with E-state index in [0.29, 0.717) is 6.04 Å². The Hall–Kier alpha value is -1.65. The number of methoxy groups -OCH3 is 1. The Morgan fingerprint density at radius 3 is 2.84 bits per heavy atom. The molecule has 1 aromatic rings. The first-order valence-corrected chi connectivity index (χ1v) is 6.98. The van der Waals surface area contributed by atoms with E-state index >= 15 is 0 Å². The van der Waals surface area contributed by atoms with Crippen LogP contribution in [0.5, 0.6) is 0 Å². The second-order valence-corrected chi connectivity index (χ2v) is 5.36. The smallest absolute Gasteiger partial charge is 0.358 e. The molecule has 0 amide bonds. The Morgan fingerprint density at radius 2 is 2.11 bits per heavy atom. The molecule has 5 heteroatoms. The summed E-state index contributed by atoms with van der Waals surface area (Å²) in [6, 6.07) is 4.20. The second-order valence-electron chi connectivity index (χ2n) is 5.36. The second kappa shape index (κ2) is 5.15. The number of ether oxygens (including phenoxy) is 1. The first-order valence-electron chi connectivity index (χ1n) is 6.98. The Kier molecular flexibility index (Phi) is 3.36. The van der Waals surface area contributed by atoms with Crippen molar-refractivity contribution >= 4 is 11.8 Å². The van der Waals surface area contributed by atoms with E-state index in [-0.39, 0.29) is 5.69 Å². The van der Waals surface area contributed by atoms with E-state index < -0.39 is 5.97 Å². The molecule has 1 saturated heterocycles. The molecular weight excluding hydrogens is 242 g/mol. The molecule has 2 heterocycles. The highest BCUT2D eigenvalue weighted by Gasteiger charge is 2.36. The van der Waals surface area contributed by atoms with Gasteiger partial charge in [-0.3, -0.25) is 0 Å². The summed E-state index contributed by atoms with van der Waals surface area (Å²) in [6.07, 6.45) is 6.53. The summed E-state index contributed by atoms with van der Waals surface area (Å²) >= 11 is 0. The molecule has 5 nitrogen and oxygen atoms in total. The number of nitrogens with zero attached hydrogens (tertiary/aromatic N) is 3. The van der Waals surface area contributed by atoms with Crippen molar-refractivity contribution in [1.82, 2.24) is 10.2 Å². The zero-order chi connectivity index (χ0) is 13.2. The lowest BCUT2D eigenvalue weighted by Gasteiger charge is -2.32. The Bertz CT molecular complexity index is 460. The highest BCUT2D eigenvalue weighted by atomic mass is 16.5. The molecule has 0 spiro atoms. The van der Waals surface area contributed by atoms with Gasteiger partial charge in [-0.25, -0.2) is 4.79 Å². The molecular formula is C14H19N3O2. The minimum atomic E-state index is -0.434. The molecule has 1 aliphatic heterocycles. The van der Waals surface area contributed by atoms with E-state index in [9.17, 15) is 4.79 Å². The van der Waals surface area contributed by atoms with Crippen molar-refractivity contribution in [2.45, 2.75) is 38.1 Å². The van der Waals surface area contributed by atoms with Crippen LogP contribution in [0.2, 0.25) is 0 Å². The van der Waals surface area contributed by atoms with Gasteiger partial charge in [-0.2, -0.15) is 0 Å². The predicted octanol–water partition coefficient (Wildman–Crippen LogP) is 2.03. The maximum atomic E-state index is 11.3. The summed E-state index contributed by atoms with van der Waals surface area (Å²) in [7, 11) is 1.35. The summed E-state index contributed by atoms with van der Waals surface area (Å²) in [5, 5.41) is 8.16. The minimum Gasteiger partial charge on any atom is -0.464 e. The quantitative estimate of drug-likeness (QED) is 0.762. The normalized spacial score (nSPS) is 26.1. The third kappa shape index (κ3) is 2.29. The molecule has 0 bridgehead atoms. The number of esters is 1. The van der Waals surface area contributed by atoms with E-state index in [2.05, 4.69) is 19.8 Å². The van der Waals surface area contributed by atoms with Crippen LogP contribution in [0.4, 0.5) is 5.82 Å². The number of carbonyl (C=O) groups is 1. The SMILES string of the molecule is COC(=O)c1ccc(N2CC[C@H]3CCCC[C@H]32)nn1. The zero-order valence-corrected chi connectivity index (χ0v) is 11.2. The lowest BCUT2D eigenvalue weighted by molar-refractivity contribution is 0.0592. The fraction of sp³-hybridized carbons (Fsp3) is 0.643. The predicted molar refractivity (Wildman–Crippen MR) is 71.1 cm³/mol. The maximum absolute atomic E-state index is 11.3. The van der Waals surface area contributed by atoms with E-state index in [0.717, 1.165) is 18.3 Å². The maximum Gasteiger partial charge on any atom is 0.358 e. The monoisotopic (exact) mass is 261 g/mol. The molecule has 2 aliphatic rings. The van der Waals surface area contributed by atoms with E-state index in [4.69, 9.17) is 0 Å². The topological polar surface area (TPSA) is 55.3 Å². The minimum absolute atomic E-state index is 0.269. The van der Waals surface area contributed by atoms with Gasteiger partial charge in [-0.15, -0.1) is 10.2 Å². The van der Waals surface area contributed by atoms with E-state index in [1.807, 2.05) is 6.07 Å². The molecule has 2 atom stereocenters. The average molecular weight is 261 g/mol. The molecule has 1 aromatic heterocycles. The highest BCUT2D eigenvalue weighted by molar-refractivity contribution is 5.86. The van der Waals surface area contributed by atoms with Crippen molar-refractivity contribution in [3.05, 3.63) is 17.8 Å². The number of anilines is 1. The first-order chi connectivity index (χ1) is 9.29. The van der Waals surface area contributed by atoms with Crippen LogP contribution in [0, 0.1) is 5.92 Å². The molecule has 102 valence electrons. The molecule has 0 unspecified atom stereocenters. The number of hydrogen-bond acceptors (Lipinski definition) is 5. The van der Waals surface area contributed by atoms with Crippen molar-refractivity contribution in [3.8, 4) is 0 Å². The van der Waals surface area contributed by atoms with E-state index in [1.54, 1.807) is 6.07 Å². The lowest BCUT2D eigenvalue weighted by Crippen LogP contribution is -2.35. The summed E-state index contributed by atoms with van der Waals surface area (Å²) in [4.78, 5) is 13.7. The third-order valence-electron chi connectivity index (χ3n) is 4.35.